The molecule has 14 nitrogen and oxygen atoms in total. The Morgan fingerprint density at radius 2 is 0.747 bits per heavy atom. The molecule has 12 rings (SSSR count). The summed E-state index contributed by atoms with van der Waals surface area (Å²) in [5.74, 6) is 6.28. The fourth-order valence-electron chi connectivity index (χ4n) is 13.9. The number of hydrogen-bond donors (Lipinski definition) is 0. The van der Waals surface area contributed by atoms with E-state index in [1.165, 1.54) is 51.6 Å². The van der Waals surface area contributed by atoms with Gasteiger partial charge in [0.25, 0.3) is 0 Å². The number of esters is 2. The van der Waals surface area contributed by atoms with E-state index < -0.39 is 24.1 Å². The molecule has 8 aromatic rings. The summed E-state index contributed by atoms with van der Waals surface area (Å²) in [7, 11) is 1.54. The van der Waals surface area contributed by atoms with Gasteiger partial charge in [-0.1, -0.05) is 112 Å². The molecule has 2 fully saturated rings. The number of carbonyl (C=O) groups excluding carboxylic acids is 2. The lowest BCUT2D eigenvalue weighted by atomic mass is 9.75. The smallest absolute Gasteiger partial charge is 0.330 e. The van der Waals surface area contributed by atoms with E-state index in [0.717, 1.165) is 126 Å². The van der Waals surface area contributed by atoms with Gasteiger partial charge in [0.2, 0.25) is 0 Å². The summed E-state index contributed by atoms with van der Waals surface area (Å²) in [5, 5.41) is 0. The fraction of sp³-hybridized carbons (Fsp3) is 0.365. The van der Waals surface area contributed by atoms with Crippen molar-refractivity contribution in [1.29, 1.82) is 0 Å². The third-order valence-corrected chi connectivity index (χ3v) is 20.5. The quantitative estimate of drug-likeness (QED) is 0.0303. The van der Waals surface area contributed by atoms with Crippen molar-refractivity contribution in [2.24, 2.45) is 0 Å². The van der Waals surface area contributed by atoms with Gasteiger partial charge in [0.1, 0.15) is 97.0 Å². The largest absolute Gasteiger partial charge is 0.490 e. The van der Waals surface area contributed by atoms with Gasteiger partial charge in [-0.15, -0.1) is 0 Å². The molecular formula is C85H94O14. The van der Waals surface area contributed by atoms with E-state index in [-0.39, 0.29) is 55.9 Å². The standard InChI is InChI=1S/C56H62O11.C29H32O3/c1-12-47(57)65-45(27-59-11)30-60-42-23-19-40(20-24-42)56(9,10)41-21-25-43(26-22-41)61-31-46(66-48(58)13-2)32-64-53-34(4)36(6)55-50(38(53)8)51(39-17-15-14-16-18-39)49-37(7)52(63-29-44-28-62-44)33(3)35(5)54(49)67-55;1-15-16(2)18(4)28-24(17(15)3)26(22-11-9-8-10-12-22)25-21(7)27(31-14-23-13-30-23)19(5)20(6)29(25)32-28/h12-26,44-46,51H,1-2,27-32H2,3-11H3;8-12,23,26H,13-14H2,1-7H3. The molecule has 0 bridgehead atoms. The van der Waals surface area contributed by atoms with Gasteiger partial charge in [-0.2, -0.15) is 0 Å². The van der Waals surface area contributed by atoms with E-state index in [1.54, 1.807) is 0 Å². The average Bonchev–Trinajstić information content (AvgIpc) is 1.67. The highest BCUT2D eigenvalue weighted by Gasteiger charge is 2.40. The monoisotopic (exact) mass is 1340 g/mol. The van der Waals surface area contributed by atoms with Crippen molar-refractivity contribution >= 4 is 11.9 Å². The first kappa shape index (κ1) is 71.0. The zero-order valence-electron chi connectivity index (χ0n) is 60.3. The average molecular weight is 1340 g/mol. The second kappa shape index (κ2) is 30.0. The van der Waals surface area contributed by atoms with Crippen molar-refractivity contribution in [1.82, 2.24) is 0 Å². The molecule has 0 saturated carbocycles. The summed E-state index contributed by atoms with van der Waals surface area (Å²) in [6, 6.07) is 37.0. The summed E-state index contributed by atoms with van der Waals surface area (Å²) < 4.78 is 72.6. The Balaban J connectivity index is 0.000000256. The molecule has 8 aromatic carbocycles. The van der Waals surface area contributed by atoms with Crippen LogP contribution in [0.2, 0.25) is 0 Å². The van der Waals surface area contributed by atoms with Gasteiger partial charge < -0.3 is 56.8 Å². The summed E-state index contributed by atoms with van der Waals surface area (Å²) >= 11 is 0. The highest BCUT2D eigenvalue weighted by atomic mass is 16.6. The summed E-state index contributed by atoms with van der Waals surface area (Å²) in [4.78, 5) is 24.4. The summed E-state index contributed by atoms with van der Waals surface area (Å²) in [5.41, 5.74) is 23.4. The molecule has 6 unspecified atom stereocenters. The highest BCUT2D eigenvalue weighted by molar-refractivity contribution is 5.82. The number of hydrogen-bond acceptors (Lipinski definition) is 14. The number of rotatable bonds is 25. The van der Waals surface area contributed by atoms with Gasteiger partial charge in [-0.05, 0) is 209 Å². The van der Waals surface area contributed by atoms with Crippen LogP contribution in [0.3, 0.4) is 0 Å². The number of methoxy groups -OCH3 is 1. The van der Waals surface area contributed by atoms with Crippen LogP contribution in [0, 0.1) is 90.0 Å². The lowest BCUT2D eigenvalue weighted by Gasteiger charge is -2.36. The predicted molar refractivity (Wildman–Crippen MR) is 386 cm³/mol. The molecule has 0 amide bonds. The molecule has 0 aliphatic carbocycles. The zero-order chi connectivity index (χ0) is 70.7. The topological polar surface area (TPSA) is 152 Å². The van der Waals surface area contributed by atoms with Crippen LogP contribution >= 0.6 is 0 Å². The van der Waals surface area contributed by atoms with Crippen LogP contribution in [0.1, 0.15) is 143 Å². The summed E-state index contributed by atoms with van der Waals surface area (Å²) in [6.07, 6.45) is 1.27. The minimum atomic E-state index is -0.763. The van der Waals surface area contributed by atoms with Crippen molar-refractivity contribution in [2.75, 3.05) is 60.0 Å². The van der Waals surface area contributed by atoms with Crippen LogP contribution in [-0.2, 0) is 38.7 Å². The Bertz CT molecular complexity index is 4330. The van der Waals surface area contributed by atoms with Gasteiger partial charge in [-0.3, -0.25) is 0 Å². The normalized spacial score (nSPS) is 16.6. The molecule has 14 heteroatoms. The molecule has 4 aliphatic heterocycles. The third kappa shape index (κ3) is 14.7. The minimum absolute atomic E-state index is 0.0311. The summed E-state index contributed by atoms with van der Waals surface area (Å²) in [6.45, 7) is 42.2. The van der Waals surface area contributed by atoms with Crippen LogP contribution < -0.4 is 33.2 Å². The van der Waals surface area contributed by atoms with Crippen molar-refractivity contribution < 1.29 is 66.4 Å². The van der Waals surface area contributed by atoms with Crippen molar-refractivity contribution in [3.63, 3.8) is 0 Å². The van der Waals surface area contributed by atoms with Gasteiger partial charge in [0, 0.05) is 58.8 Å². The second-order valence-corrected chi connectivity index (χ2v) is 27.1. The van der Waals surface area contributed by atoms with Gasteiger partial charge in [0.05, 0.1) is 19.8 Å². The maximum Gasteiger partial charge on any atom is 0.330 e. The van der Waals surface area contributed by atoms with Crippen LogP contribution in [0.4, 0.5) is 0 Å². The number of benzene rings is 8. The zero-order valence-corrected chi connectivity index (χ0v) is 60.3. The van der Waals surface area contributed by atoms with E-state index in [0.29, 0.717) is 37.1 Å². The molecule has 2 saturated heterocycles. The lowest BCUT2D eigenvalue weighted by Crippen LogP contribution is -2.31. The Morgan fingerprint density at radius 1 is 0.424 bits per heavy atom. The molecule has 0 spiro atoms. The Morgan fingerprint density at radius 3 is 1.10 bits per heavy atom. The first-order valence-electron chi connectivity index (χ1n) is 34.2. The molecule has 4 aliphatic rings. The van der Waals surface area contributed by atoms with Gasteiger partial charge in [-0.25, -0.2) is 9.59 Å². The minimum Gasteiger partial charge on any atom is -0.490 e. The molecule has 6 atom stereocenters. The molecule has 0 radical (unpaired) electrons. The molecular weight excluding hydrogens is 1240 g/mol. The maximum absolute atomic E-state index is 12.7. The third-order valence-electron chi connectivity index (χ3n) is 20.5. The van der Waals surface area contributed by atoms with Crippen LogP contribution in [0.5, 0.6) is 51.7 Å². The van der Waals surface area contributed by atoms with E-state index in [2.05, 4.69) is 165 Å². The Hall–Kier alpha value is -9.34. The lowest BCUT2D eigenvalue weighted by molar-refractivity contribution is -0.147. The number of ether oxygens (including phenoxy) is 12. The number of fused-ring (bicyclic) bond motifs is 4. The molecule has 99 heavy (non-hydrogen) atoms. The van der Waals surface area contributed by atoms with Crippen LogP contribution in [0.25, 0.3) is 0 Å². The van der Waals surface area contributed by atoms with Crippen molar-refractivity contribution in [3.8, 4) is 51.7 Å². The first-order valence-corrected chi connectivity index (χ1v) is 34.2. The van der Waals surface area contributed by atoms with Crippen molar-refractivity contribution in [3.05, 3.63) is 251 Å². The van der Waals surface area contributed by atoms with E-state index in [9.17, 15) is 9.59 Å². The maximum atomic E-state index is 12.7. The fourth-order valence-corrected chi connectivity index (χ4v) is 13.9. The van der Waals surface area contributed by atoms with Crippen molar-refractivity contribution in [2.45, 2.75) is 146 Å². The molecule has 0 aromatic heterocycles. The Kier molecular flexibility index (Phi) is 21.5. The van der Waals surface area contributed by atoms with Gasteiger partial charge in [0.15, 0.2) is 12.2 Å². The molecule has 0 N–H and O–H groups in total. The molecule has 518 valence electrons. The van der Waals surface area contributed by atoms with Gasteiger partial charge >= 0.3 is 11.9 Å². The van der Waals surface area contributed by atoms with Crippen LogP contribution in [-0.4, -0.2) is 96.3 Å². The second-order valence-electron chi connectivity index (χ2n) is 27.1. The SMILES string of the molecule is C=CC(=O)OC(COC)COc1ccc(C(C)(C)c2ccc(OCC(COc3c(C)c(C)c4c(c3C)C(c3ccccc3)c3c(C)c(OCC5CO5)c(C)c(C)c3O4)OC(=O)C=C)cc2)cc1.Cc1c(C)c(C)c2c(c1C)Oc1c(C)c(C)c(OCC3CO3)c(C)c1C2c1ccccc1. The number of carbonyl (C=O) groups is 2. The van der Waals surface area contributed by atoms with E-state index in [1.807, 2.05) is 61.5 Å². The first-order chi connectivity index (χ1) is 47.5. The van der Waals surface area contributed by atoms with E-state index in [4.69, 9.17) is 56.8 Å². The van der Waals surface area contributed by atoms with Crippen LogP contribution in [0.15, 0.2) is 135 Å². The highest BCUT2D eigenvalue weighted by Crippen LogP contribution is 2.58. The molecule has 4 heterocycles. The van der Waals surface area contributed by atoms with E-state index >= 15 is 0 Å². The Labute approximate surface area is 584 Å². The number of epoxide rings is 2. The predicted octanol–water partition coefficient (Wildman–Crippen LogP) is 17.5.